The van der Waals surface area contributed by atoms with Crippen molar-refractivity contribution in [1.82, 2.24) is 9.88 Å². The molecule has 0 spiro atoms. The molecule has 1 aromatic heterocycles. The first-order chi connectivity index (χ1) is 11.1. The Morgan fingerprint density at radius 2 is 1.96 bits per heavy atom. The Labute approximate surface area is 135 Å². The van der Waals surface area contributed by atoms with Crippen LogP contribution in [-0.4, -0.2) is 28.1 Å². The zero-order valence-electron chi connectivity index (χ0n) is 13.3. The van der Waals surface area contributed by atoms with E-state index in [4.69, 9.17) is 5.11 Å². The molecule has 1 amide bonds. The van der Waals surface area contributed by atoms with Gasteiger partial charge in [0.15, 0.2) is 0 Å². The third kappa shape index (κ3) is 3.23. The highest BCUT2D eigenvalue weighted by Gasteiger charge is 2.26. The number of aryl methyl sites for hydroxylation is 1. The van der Waals surface area contributed by atoms with Gasteiger partial charge < -0.3 is 15.0 Å². The van der Waals surface area contributed by atoms with Gasteiger partial charge in [0.25, 0.3) is 5.91 Å². The number of hydrogen-bond donors (Lipinski definition) is 2. The molecule has 5 heteroatoms. The van der Waals surface area contributed by atoms with Gasteiger partial charge in [-0.15, -0.1) is 0 Å². The summed E-state index contributed by atoms with van der Waals surface area (Å²) < 4.78 is 2.00. The number of nitrogens with zero attached hydrogens (tertiary/aromatic N) is 1. The van der Waals surface area contributed by atoms with E-state index in [0.29, 0.717) is 30.9 Å². The van der Waals surface area contributed by atoms with Gasteiger partial charge in [0, 0.05) is 36.3 Å². The molecule has 5 nitrogen and oxygen atoms in total. The van der Waals surface area contributed by atoms with Crippen LogP contribution in [0.5, 0.6) is 0 Å². The number of rotatable bonds is 4. The summed E-state index contributed by atoms with van der Waals surface area (Å²) in [4.78, 5) is 23.4. The Balaban J connectivity index is 1.60. The highest BCUT2D eigenvalue weighted by Crippen LogP contribution is 2.28. The van der Waals surface area contributed by atoms with Gasteiger partial charge in [-0.3, -0.25) is 9.59 Å². The molecule has 0 radical (unpaired) electrons. The molecule has 1 fully saturated rings. The molecule has 1 aliphatic rings. The van der Waals surface area contributed by atoms with Crippen molar-refractivity contribution in [1.29, 1.82) is 0 Å². The first-order valence-electron chi connectivity index (χ1n) is 8.11. The second-order valence-electron chi connectivity index (χ2n) is 6.43. The van der Waals surface area contributed by atoms with E-state index in [9.17, 15) is 9.59 Å². The summed E-state index contributed by atoms with van der Waals surface area (Å²) in [5.41, 5.74) is 1.74. The molecular weight excluding hydrogens is 292 g/mol. The van der Waals surface area contributed by atoms with Crippen molar-refractivity contribution >= 4 is 22.8 Å². The van der Waals surface area contributed by atoms with Crippen LogP contribution in [0.3, 0.4) is 0 Å². The number of carbonyl (C=O) groups is 2. The molecule has 1 aliphatic carbocycles. The lowest BCUT2D eigenvalue weighted by molar-refractivity contribution is -0.143. The number of aromatic nitrogens is 1. The molecule has 0 saturated heterocycles. The van der Waals surface area contributed by atoms with E-state index in [1.165, 1.54) is 0 Å². The standard InChI is InChI=1S/C18H22N2O3/c1-20-10-9-14-15(3-2-4-16(14)20)17(21)19-11-12-5-7-13(8-6-12)18(22)23/h2-4,9-10,12-13H,5-8,11H2,1H3,(H,19,21)(H,22,23). The van der Waals surface area contributed by atoms with Crippen LogP contribution in [0.15, 0.2) is 30.5 Å². The monoisotopic (exact) mass is 314 g/mol. The van der Waals surface area contributed by atoms with Gasteiger partial charge in [0.05, 0.1) is 5.92 Å². The Hall–Kier alpha value is -2.30. The maximum atomic E-state index is 12.5. The number of carboxylic acids is 1. The fourth-order valence-electron chi connectivity index (χ4n) is 3.45. The molecule has 0 bridgehead atoms. The zero-order chi connectivity index (χ0) is 16.4. The molecule has 122 valence electrons. The van der Waals surface area contributed by atoms with Crippen LogP contribution in [0.4, 0.5) is 0 Å². The minimum atomic E-state index is -0.691. The number of nitrogens with one attached hydrogen (secondary N) is 1. The van der Waals surface area contributed by atoms with Crippen LogP contribution in [0.25, 0.3) is 10.9 Å². The van der Waals surface area contributed by atoms with E-state index in [2.05, 4.69) is 5.32 Å². The summed E-state index contributed by atoms with van der Waals surface area (Å²) in [6.07, 6.45) is 5.11. The van der Waals surface area contributed by atoms with Crippen molar-refractivity contribution in [2.75, 3.05) is 6.54 Å². The van der Waals surface area contributed by atoms with Crippen molar-refractivity contribution in [3.05, 3.63) is 36.0 Å². The minimum absolute atomic E-state index is 0.0536. The summed E-state index contributed by atoms with van der Waals surface area (Å²) in [6, 6.07) is 7.70. The first-order valence-corrected chi connectivity index (χ1v) is 8.11. The summed E-state index contributed by atoms with van der Waals surface area (Å²) in [7, 11) is 1.96. The van der Waals surface area contributed by atoms with Gasteiger partial charge in [0.2, 0.25) is 0 Å². The molecule has 0 atom stereocenters. The Morgan fingerprint density at radius 3 is 2.65 bits per heavy atom. The summed E-state index contributed by atoms with van der Waals surface area (Å²) in [5, 5.41) is 13.0. The number of fused-ring (bicyclic) bond motifs is 1. The average Bonchev–Trinajstić information content (AvgIpc) is 2.94. The lowest BCUT2D eigenvalue weighted by atomic mass is 9.82. The highest BCUT2D eigenvalue weighted by atomic mass is 16.4. The molecule has 23 heavy (non-hydrogen) atoms. The lowest BCUT2D eigenvalue weighted by Crippen LogP contribution is -2.32. The van der Waals surface area contributed by atoms with Gasteiger partial charge in [-0.1, -0.05) is 6.07 Å². The van der Waals surface area contributed by atoms with Crippen LogP contribution in [0.1, 0.15) is 36.0 Å². The molecular formula is C18H22N2O3. The van der Waals surface area contributed by atoms with E-state index in [1.807, 2.05) is 42.1 Å². The number of aliphatic carboxylic acids is 1. The quantitative estimate of drug-likeness (QED) is 0.911. The molecule has 0 unspecified atom stereocenters. The van der Waals surface area contributed by atoms with Crippen molar-refractivity contribution < 1.29 is 14.7 Å². The van der Waals surface area contributed by atoms with Crippen LogP contribution >= 0.6 is 0 Å². The third-order valence-corrected chi connectivity index (χ3v) is 4.92. The summed E-state index contributed by atoms with van der Waals surface area (Å²) in [5.74, 6) is -0.574. The summed E-state index contributed by atoms with van der Waals surface area (Å²) >= 11 is 0. The normalized spacial score (nSPS) is 21.3. The fourth-order valence-corrected chi connectivity index (χ4v) is 3.45. The smallest absolute Gasteiger partial charge is 0.306 e. The van der Waals surface area contributed by atoms with Gasteiger partial charge >= 0.3 is 5.97 Å². The number of hydrogen-bond acceptors (Lipinski definition) is 2. The predicted molar refractivity (Wildman–Crippen MR) is 88.3 cm³/mol. The highest BCUT2D eigenvalue weighted by molar-refractivity contribution is 6.06. The molecule has 1 aromatic carbocycles. The number of carbonyl (C=O) groups excluding carboxylic acids is 1. The van der Waals surface area contributed by atoms with Gasteiger partial charge in [-0.2, -0.15) is 0 Å². The molecule has 1 heterocycles. The topological polar surface area (TPSA) is 71.3 Å². The second-order valence-corrected chi connectivity index (χ2v) is 6.43. The Morgan fingerprint density at radius 1 is 1.22 bits per heavy atom. The van der Waals surface area contributed by atoms with Crippen LogP contribution in [0.2, 0.25) is 0 Å². The van der Waals surface area contributed by atoms with E-state index < -0.39 is 5.97 Å². The van der Waals surface area contributed by atoms with Crippen molar-refractivity contribution in [2.24, 2.45) is 18.9 Å². The molecule has 0 aliphatic heterocycles. The molecule has 2 N–H and O–H groups in total. The Bertz CT molecular complexity index is 727. The third-order valence-electron chi connectivity index (χ3n) is 4.92. The maximum absolute atomic E-state index is 12.5. The largest absolute Gasteiger partial charge is 0.481 e. The number of benzene rings is 1. The summed E-state index contributed by atoms with van der Waals surface area (Å²) in [6.45, 7) is 0.619. The molecule has 3 rings (SSSR count). The van der Waals surface area contributed by atoms with Gasteiger partial charge in [-0.05, 0) is 49.8 Å². The van der Waals surface area contributed by atoms with Crippen LogP contribution in [-0.2, 0) is 11.8 Å². The molecule has 2 aromatic rings. The van der Waals surface area contributed by atoms with Crippen molar-refractivity contribution in [3.8, 4) is 0 Å². The first kappa shape index (κ1) is 15.6. The fraction of sp³-hybridized carbons (Fsp3) is 0.444. The van der Waals surface area contributed by atoms with Crippen molar-refractivity contribution in [3.63, 3.8) is 0 Å². The second kappa shape index (κ2) is 6.44. The maximum Gasteiger partial charge on any atom is 0.306 e. The van der Waals surface area contributed by atoms with Gasteiger partial charge in [0.1, 0.15) is 0 Å². The number of amides is 1. The van der Waals surface area contributed by atoms with E-state index in [1.54, 1.807) is 0 Å². The van der Waals surface area contributed by atoms with E-state index >= 15 is 0 Å². The molecule has 1 saturated carbocycles. The van der Waals surface area contributed by atoms with Crippen LogP contribution < -0.4 is 5.32 Å². The van der Waals surface area contributed by atoms with E-state index in [-0.39, 0.29) is 11.8 Å². The number of carboxylic acid groups (broad SMARTS) is 1. The van der Waals surface area contributed by atoms with E-state index in [0.717, 1.165) is 23.7 Å². The zero-order valence-corrected chi connectivity index (χ0v) is 13.3. The SMILES string of the molecule is Cn1ccc2c(C(=O)NCC3CCC(C(=O)O)CC3)cccc21. The van der Waals surface area contributed by atoms with Crippen LogP contribution in [0, 0.1) is 11.8 Å². The van der Waals surface area contributed by atoms with Gasteiger partial charge in [-0.25, -0.2) is 0 Å². The predicted octanol–water partition coefficient (Wildman–Crippen LogP) is 2.80. The van der Waals surface area contributed by atoms with Crippen molar-refractivity contribution in [2.45, 2.75) is 25.7 Å². The lowest BCUT2D eigenvalue weighted by Gasteiger charge is -2.26. The average molecular weight is 314 g/mol. The Kier molecular flexibility index (Phi) is 4.37. The minimum Gasteiger partial charge on any atom is -0.481 e.